The topological polar surface area (TPSA) is 38.7 Å². The Labute approximate surface area is 140 Å². The molecular weight excluding hydrogens is 313 g/mol. The highest BCUT2D eigenvalue weighted by molar-refractivity contribution is 7.80. The average Bonchev–Trinajstić information content (AvgIpc) is 2.55. The van der Waals surface area contributed by atoms with Gasteiger partial charge in [-0.1, -0.05) is 18.2 Å². The molecule has 2 N–H and O–H groups in total. The van der Waals surface area contributed by atoms with E-state index in [4.69, 9.17) is 12.2 Å². The van der Waals surface area contributed by atoms with Gasteiger partial charge in [0.25, 0.3) is 0 Å². The third-order valence-corrected chi connectivity index (χ3v) is 4.23. The Morgan fingerprint density at radius 3 is 2.48 bits per heavy atom. The van der Waals surface area contributed by atoms with Gasteiger partial charge in [-0.25, -0.2) is 4.39 Å². The number of piperazine rings is 1. The molecule has 2 aromatic rings. The molecule has 0 aliphatic carbocycles. The summed E-state index contributed by atoms with van der Waals surface area (Å²) < 4.78 is 13.2. The van der Waals surface area contributed by atoms with E-state index in [1.807, 2.05) is 18.2 Å². The van der Waals surface area contributed by atoms with Crippen LogP contribution in [0.3, 0.4) is 0 Å². The first-order valence-electron chi connectivity index (χ1n) is 7.48. The van der Waals surface area contributed by atoms with E-state index in [1.165, 1.54) is 12.1 Å². The summed E-state index contributed by atoms with van der Waals surface area (Å²) in [6, 6.07) is 13.6. The Bertz CT molecular complexity index is 702. The maximum absolute atomic E-state index is 13.2. The van der Waals surface area contributed by atoms with Crippen LogP contribution in [0.5, 0.6) is 5.75 Å². The highest BCUT2D eigenvalue weighted by Gasteiger charge is 2.20. The fourth-order valence-electron chi connectivity index (χ4n) is 2.65. The van der Waals surface area contributed by atoms with Crippen molar-refractivity contribution in [3.8, 4) is 5.75 Å². The molecule has 23 heavy (non-hydrogen) atoms. The second-order valence-corrected chi connectivity index (χ2v) is 5.79. The molecule has 1 fully saturated rings. The van der Waals surface area contributed by atoms with Crippen LogP contribution in [0.2, 0.25) is 0 Å². The lowest BCUT2D eigenvalue weighted by Crippen LogP contribution is -2.50. The molecule has 2 aromatic carbocycles. The fourth-order valence-corrected chi connectivity index (χ4v) is 2.95. The minimum atomic E-state index is -0.290. The van der Waals surface area contributed by atoms with Crippen molar-refractivity contribution in [2.75, 3.05) is 36.4 Å². The second-order valence-electron chi connectivity index (χ2n) is 5.40. The Balaban J connectivity index is 1.58. The molecule has 0 unspecified atom stereocenters. The van der Waals surface area contributed by atoms with Crippen LogP contribution in [0.1, 0.15) is 0 Å². The number of thiocarbonyl (C=S) groups is 1. The lowest BCUT2D eigenvalue weighted by atomic mass is 10.2. The summed E-state index contributed by atoms with van der Waals surface area (Å²) in [7, 11) is 0. The van der Waals surface area contributed by atoms with Crippen LogP contribution in [0.25, 0.3) is 0 Å². The smallest absolute Gasteiger partial charge is 0.173 e. The largest absolute Gasteiger partial charge is 0.506 e. The van der Waals surface area contributed by atoms with Gasteiger partial charge in [0.2, 0.25) is 0 Å². The molecule has 0 atom stereocenters. The third kappa shape index (κ3) is 3.71. The van der Waals surface area contributed by atoms with Crippen molar-refractivity contribution in [2.45, 2.75) is 0 Å². The van der Waals surface area contributed by atoms with Gasteiger partial charge in [-0.05, 0) is 42.5 Å². The highest BCUT2D eigenvalue weighted by Crippen LogP contribution is 2.27. The molecule has 0 amide bonds. The monoisotopic (exact) mass is 331 g/mol. The minimum Gasteiger partial charge on any atom is -0.506 e. The van der Waals surface area contributed by atoms with Crippen molar-refractivity contribution in [1.82, 2.24) is 4.90 Å². The number of hydrogen-bond donors (Lipinski definition) is 2. The van der Waals surface area contributed by atoms with Gasteiger partial charge in [-0.2, -0.15) is 0 Å². The minimum absolute atomic E-state index is 0.290. The van der Waals surface area contributed by atoms with Crippen LogP contribution in [0.15, 0.2) is 48.5 Å². The van der Waals surface area contributed by atoms with E-state index in [0.717, 1.165) is 31.9 Å². The molecule has 6 heteroatoms. The molecule has 1 aliphatic rings. The molecule has 0 spiro atoms. The number of para-hydroxylation sites is 2. The maximum atomic E-state index is 13.2. The molecule has 1 saturated heterocycles. The molecular formula is C17H18FN3OS. The zero-order valence-electron chi connectivity index (χ0n) is 12.6. The van der Waals surface area contributed by atoms with Crippen LogP contribution in [-0.2, 0) is 0 Å². The average molecular weight is 331 g/mol. The molecule has 0 bridgehead atoms. The standard InChI is InChI=1S/C17H18FN3OS/c18-13-4-3-5-14(12-13)19-17(23)21-10-8-20(9-11-21)15-6-1-2-7-16(15)22/h1-7,12,22H,8-11H2,(H,19,23). The highest BCUT2D eigenvalue weighted by atomic mass is 32.1. The van der Waals surface area contributed by atoms with Crippen molar-refractivity contribution in [3.63, 3.8) is 0 Å². The molecule has 120 valence electrons. The summed E-state index contributed by atoms with van der Waals surface area (Å²) in [5.41, 5.74) is 1.49. The molecule has 4 nitrogen and oxygen atoms in total. The number of phenols is 1. The molecule has 1 aliphatic heterocycles. The summed E-state index contributed by atoms with van der Waals surface area (Å²) in [5, 5.41) is 13.6. The van der Waals surface area contributed by atoms with E-state index in [9.17, 15) is 9.50 Å². The van der Waals surface area contributed by atoms with E-state index >= 15 is 0 Å². The molecule has 0 aromatic heterocycles. The number of nitrogens with one attached hydrogen (secondary N) is 1. The van der Waals surface area contributed by atoms with E-state index in [1.54, 1.807) is 18.2 Å². The van der Waals surface area contributed by atoms with Crippen LogP contribution in [-0.4, -0.2) is 41.3 Å². The Morgan fingerprint density at radius 1 is 1.04 bits per heavy atom. The van der Waals surface area contributed by atoms with Gasteiger partial charge in [0, 0.05) is 31.9 Å². The van der Waals surface area contributed by atoms with Crippen LogP contribution in [0.4, 0.5) is 15.8 Å². The number of phenolic OH excluding ortho intramolecular Hbond substituents is 1. The first kappa shape index (κ1) is 15.6. The zero-order valence-corrected chi connectivity index (χ0v) is 13.4. The summed E-state index contributed by atoms with van der Waals surface area (Å²) in [5.74, 6) is 0.00332. The van der Waals surface area contributed by atoms with Crippen molar-refractivity contribution in [2.24, 2.45) is 0 Å². The first-order chi connectivity index (χ1) is 11.1. The van der Waals surface area contributed by atoms with Gasteiger partial charge < -0.3 is 20.2 Å². The maximum Gasteiger partial charge on any atom is 0.173 e. The number of benzene rings is 2. The van der Waals surface area contributed by atoms with Crippen LogP contribution >= 0.6 is 12.2 Å². The van der Waals surface area contributed by atoms with Crippen molar-refractivity contribution in [1.29, 1.82) is 0 Å². The number of nitrogens with zero attached hydrogens (tertiary/aromatic N) is 2. The van der Waals surface area contributed by atoms with E-state index in [2.05, 4.69) is 15.1 Å². The molecule has 0 radical (unpaired) electrons. The first-order valence-corrected chi connectivity index (χ1v) is 7.89. The number of halogens is 1. The lowest BCUT2D eigenvalue weighted by molar-refractivity contribution is 0.387. The van der Waals surface area contributed by atoms with E-state index < -0.39 is 0 Å². The quantitative estimate of drug-likeness (QED) is 0.828. The summed E-state index contributed by atoms with van der Waals surface area (Å²) in [6.45, 7) is 3.02. The predicted octanol–water partition coefficient (Wildman–Crippen LogP) is 3.05. The van der Waals surface area contributed by atoms with Crippen LogP contribution in [0, 0.1) is 5.82 Å². The van der Waals surface area contributed by atoms with Gasteiger partial charge in [-0.3, -0.25) is 0 Å². The number of rotatable bonds is 2. The molecule has 3 rings (SSSR count). The number of aromatic hydroxyl groups is 1. The van der Waals surface area contributed by atoms with Gasteiger partial charge >= 0.3 is 0 Å². The Hall–Kier alpha value is -2.34. The van der Waals surface area contributed by atoms with Crippen molar-refractivity contribution in [3.05, 3.63) is 54.3 Å². The van der Waals surface area contributed by atoms with E-state index in [0.29, 0.717) is 16.5 Å². The Morgan fingerprint density at radius 2 is 1.78 bits per heavy atom. The number of anilines is 2. The normalized spacial score (nSPS) is 14.7. The SMILES string of the molecule is Oc1ccccc1N1CCN(C(=S)Nc2cccc(F)c2)CC1. The Kier molecular flexibility index (Phi) is 4.62. The third-order valence-electron chi connectivity index (χ3n) is 3.87. The lowest BCUT2D eigenvalue weighted by Gasteiger charge is -2.37. The number of hydrogen-bond acceptors (Lipinski definition) is 3. The van der Waals surface area contributed by atoms with Gasteiger partial charge in [0.15, 0.2) is 5.11 Å². The summed E-state index contributed by atoms with van der Waals surface area (Å²) in [4.78, 5) is 4.19. The van der Waals surface area contributed by atoms with E-state index in [-0.39, 0.29) is 5.82 Å². The second kappa shape index (κ2) is 6.83. The van der Waals surface area contributed by atoms with Crippen molar-refractivity contribution >= 4 is 28.7 Å². The fraction of sp³-hybridized carbons (Fsp3) is 0.235. The van der Waals surface area contributed by atoms with Gasteiger partial charge in [0.1, 0.15) is 11.6 Å². The molecule has 1 heterocycles. The van der Waals surface area contributed by atoms with Gasteiger partial charge in [-0.15, -0.1) is 0 Å². The predicted molar refractivity (Wildman–Crippen MR) is 94.5 cm³/mol. The van der Waals surface area contributed by atoms with Crippen LogP contribution < -0.4 is 10.2 Å². The summed E-state index contributed by atoms with van der Waals surface area (Å²) in [6.07, 6.45) is 0. The van der Waals surface area contributed by atoms with Gasteiger partial charge in [0.05, 0.1) is 5.69 Å². The summed E-state index contributed by atoms with van der Waals surface area (Å²) >= 11 is 5.40. The van der Waals surface area contributed by atoms with Crippen molar-refractivity contribution < 1.29 is 9.50 Å². The zero-order chi connectivity index (χ0) is 16.2. The molecule has 0 saturated carbocycles.